The molecule has 0 saturated carbocycles. The second-order valence-electron chi connectivity index (χ2n) is 6.54. The fourth-order valence-corrected chi connectivity index (χ4v) is 3.83. The van der Waals surface area contributed by atoms with Crippen LogP contribution in [0.2, 0.25) is 0 Å². The Morgan fingerprint density at radius 2 is 2.04 bits per heavy atom. The summed E-state index contributed by atoms with van der Waals surface area (Å²) >= 11 is 0. The third kappa shape index (κ3) is 3.34. The number of likely N-dealkylation sites (tertiary alicyclic amines) is 1. The molecule has 1 N–H and O–H groups in total. The fraction of sp³-hybridized carbons (Fsp3) is 0.474. The number of rotatable bonds is 5. The molecule has 1 heterocycles. The molecule has 2 aliphatic rings. The van der Waals surface area contributed by atoms with Gasteiger partial charge in [-0.25, -0.2) is 0 Å². The summed E-state index contributed by atoms with van der Waals surface area (Å²) in [5.41, 5.74) is 0.933. The van der Waals surface area contributed by atoms with E-state index in [4.69, 9.17) is 9.47 Å². The number of fused-ring (bicyclic) bond motifs is 1. The summed E-state index contributed by atoms with van der Waals surface area (Å²) in [4.78, 5) is 26.2. The fourth-order valence-electron chi connectivity index (χ4n) is 3.83. The molecule has 3 atom stereocenters. The lowest BCUT2D eigenvalue weighted by Crippen LogP contribution is -2.49. The molecule has 1 aliphatic carbocycles. The molecule has 3 rings (SSSR count). The maximum atomic E-state index is 12.9. The van der Waals surface area contributed by atoms with Crippen molar-refractivity contribution >= 4 is 11.9 Å². The van der Waals surface area contributed by atoms with Crippen molar-refractivity contribution < 1.29 is 24.2 Å². The van der Waals surface area contributed by atoms with Crippen LogP contribution in [-0.4, -0.2) is 42.6 Å². The van der Waals surface area contributed by atoms with E-state index in [0.29, 0.717) is 31.0 Å². The highest BCUT2D eigenvalue weighted by Gasteiger charge is 2.44. The van der Waals surface area contributed by atoms with Crippen molar-refractivity contribution in [2.24, 2.45) is 17.8 Å². The van der Waals surface area contributed by atoms with E-state index in [1.165, 1.54) is 0 Å². The number of piperidine rings is 1. The molecular weight excluding hydrogens is 322 g/mol. The Balaban J connectivity index is 1.79. The number of carbonyl (C=O) groups is 2. The summed E-state index contributed by atoms with van der Waals surface area (Å²) < 4.78 is 10.5. The van der Waals surface area contributed by atoms with Gasteiger partial charge in [-0.2, -0.15) is 0 Å². The molecule has 1 aromatic carbocycles. The molecule has 1 saturated heterocycles. The number of benzene rings is 1. The van der Waals surface area contributed by atoms with Crippen LogP contribution in [0.5, 0.6) is 11.5 Å². The van der Waals surface area contributed by atoms with E-state index in [0.717, 1.165) is 12.0 Å². The van der Waals surface area contributed by atoms with Crippen LogP contribution in [-0.2, 0) is 16.1 Å². The minimum Gasteiger partial charge on any atom is -0.493 e. The van der Waals surface area contributed by atoms with E-state index in [1.807, 2.05) is 30.4 Å². The molecule has 0 aromatic heterocycles. The Labute approximate surface area is 147 Å². The second-order valence-corrected chi connectivity index (χ2v) is 6.54. The molecule has 1 amide bonds. The Morgan fingerprint density at radius 1 is 1.28 bits per heavy atom. The average molecular weight is 345 g/mol. The summed E-state index contributed by atoms with van der Waals surface area (Å²) in [7, 11) is 3.15. The summed E-state index contributed by atoms with van der Waals surface area (Å²) in [6.07, 6.45) is 5.13. The monoisotopic (exact) mass is 345 g/mol. The predicted octanol–water partition coefficient (Wildman–Crippen LogP) is 2.33. The van der Waals surface area contributed by atoms with Crippen LogP contribution in [0.1, 0.15) is 18.4 Å². The van der Waals surface area contributed by atoms with Crippen molar-refractivity contribution in [3.05, 3.63) is 35.9 Å². The quantitative estimate of drug-likeness (QED) is 0.829. The van der Waals surface area contributed by atoms with Gasteiger partial charge in [0, 0.05) is 13.1 Å². The van der Waals surface area contributed by atoms with Gasteiger partial charge in [-0.3, -0.25) is 9.59 Å². The average Bonchev–Trinajstić information content (AvgIpc) is 2.63. The van der Waals surface area contributed by atoms with Gasteiger partial charge < -0.3 is 19.5 Å². The standard InChI is InChI=1S/C19H23NO5/c1-24-15-7-6-12(10-16(15)25-2)11-20-9-8-13-4-3-5-14(19(22)23)17(13)18(20)21/h3-4,6-7,10,13-14,17H,5,8-9,11H2,1-2H3,(H,22,23)/t13-,14-,17-/m0/s1. The molecule has 25 heavy (non-hydrogen) atoms. The van der Waals surface area contributed by atoms with Gasteiger partial charge in [-0.05, 0) is 36.5 Å². The lowest BCUT2D eigenvalue weighted by Gasteiger charge is -2.41. The van der Waals surface area contributed by atoms with Crippen molar-refractivity contribution in [3.8, 4) is 11.5 Å². The first-order chi connectivity index (χ1) is 12.0. The van der Waals surface area contributed by atoms with Gasteiger partial charge in [0.25, 0.3) is 0 Å². The molecule has 0 radical (unpaired) electrons. The molecular formula is C19H23NO5. The number of nitrogens with zero attached hydrogens (tertiary/aromatic N) is 1. The summed E-state index contributed by atoms with van der Waals surface area (Å²) in [5.74, 6) is -0.759. The van der Waals surface area contributed by atoms with E-state index in [1.54, 1.807) is 19.1 Å². The van der Waals surface area contributed by atoms with Crippen molar-refractivity contribution in [2.45, 2.75) is 19.4 Å². The van der Waals surface area contributed by atoms with Crippen LogP contribution >= 0.6 is 0 Å². The molecule has 0 bridgehead atoms. The number of hydrogen-bond acceptors (Lipinski definition) is 4. The number of allylic oxidation sites excluding steroid dienone is 2. The van der Waals surface area contributed by atoms with Crippen LogP contribution in [0.4, 0.5) is 0 Å². The number of carbonyl (C=O) groups excluding carboxylic acids is 1. The molecule has 0 unspecified atom stereocenters. The Kier molecular flexibility index (Phi) is 4.97. The normalized spacial score (nSPS) is 25.4. The van der Waals surface area contributed by atoms with E-state index in [-0.39, 0.29) is 11.8 Å². The van der Waals surface area contributed by atoms with Crippen LogP contribution < -0.4 is 9.47 Å². The number of aliphatic carboxylic acids is 1. The summed E-state index contributed by atoms with van der Waals surface area (Å²) in [6.45, 7) is 1.07. The van der Waals surface area contributed by atoms with Gasteiger partial charge in [-0.15, -0.1) is 0 Å². The maximum Gasteiger partial charge on any atom is 0.307 e. The third-order valence-electron chi connectivity index (χ3n) is 5.14. The van der Waals surface area contributed by atoms with Crippen LogP contribution in [0.3, 0.4) is 0 Å². The number of carboxylic acid groups (broad SMARTS) is 1. The van der Waals surface area contributed by atoms with Gasteiger partial charge >= 0.3 is 5.97 Å². The molecule has 1 fully saturated rings. The molecule has 134 valence electrons. The Hall–Kier alpha value is -2.50. The van der Waals surface area contributed by atoms with Gasteiger partial charge in [-0.1, -0.05) is 18.2 Å². The number of ether oxygens (including phenoxy) is 2. The predicted molar refractivity (Wildman–Crippen MR) is 91.4 cm³/mol. The second kappa shape index (κ2) is 7.17. The Bertz CT molecular complexity index is 699. The largest absolute Gasteiger partial charge is 0.493 e. The SMILES string of the molecule is COc1ccc(CN2CC[C@@H]3C=CC[C@H](C(=O)O)[C@H]3C2=O)cc1OC. The first kappa shape index (κ1) is 17.3. The van der Waals surface area contributed by atoms with Crippen LogP contribution in [0.15, 0.2) is 30.4 Å². The lowest BCUT2D eigenvalue weighted by atomic mass is 9.71. The smallest absolute Gasteiger partial charge is 0.307 e. The van der Waals surface area contributed by atoms with E-state index < -0.39 is 17.8 Å². The van der Waals surface area contributed by atoms with Gasteiger partial charge in [0.15, 0.2) is 11.5 Å². The number of hydrogen-bond donors (Lipinski definition) is 1. The zero-order chi connectivity index (χ0) is 18.0. The lowest BCUT2D eigenvalue weighted by molar-refractivity contribution is -0.155. The number of carboxylic acids is 1. The molecule has 1 aliphatic heterocycles. The summed E-state index contributed by atoms with van der Waals surface area (Å²) in [5, 5.41) is 9.46. The van der Waals surface area contributed by atoms with Crippen molar-refractivity contribution in [1.82, 2.24) is 4.90 Å². The molecule has 1 aromatic rings. The topological polar surface area (TPSA) is 76.1 Å². The highest BCUT2D eigenvalue weighted by Crippen LogP contribution is 2.38. The van der Waals surface area contributed by atoms with Crippen LogP contribution in [0, 0.1) is 17.8 Å². The molecule has 6 heteroatoms. The minimum absolute atomic E-state index is 0.0315. The third-order valence-corrected chi connectivity index (χ3v) is 5.14. The van der Waals surface area contributed by atoms with Crippen molar-refractivity contribution in [2.75, 3.05) is 20.8 Å². The van der Waals surface area contributed by atoms with E-state index in [9.17, 15) is 14.7 Å². The molecule has 6 nitrogen and oxygen atoms in total. The minimum atomic E-state index is -0.888. The maximum absolute atomic E-state index is 12.9. The Morgan fingerprint density at radius 3 is 2.72 bits per heavy atom. The van der Waals surface area contributed by atoms with Gasteiger partial charge in [0.1, 0.15) is 0 Å². The summed E-state index contributed by atoms with van der Waals surface area (Å²) in [6, 6.07) is 5.57. The highest BCUT2D eigenvalue weighted by atomic mass is 16.5. The van der Waals surface area contributed by atoms with Crippen molar-refractivity contribution in [3.63, 3.8) is 0 Å². The first-order valence-electron chi connectivity index (χ1n) is 8.44. The van der Waals surface area contributed by atoms with E-state index in [2.05, 4.69) is 0 Å². The van der Waals surface area contributed by atoms with Crippen LogP contribution in [0.25, 0.3) is 0 Å². The zero-order valence-corrected chi connectivity index (χ0v) is 14.5. The molecule has 0 spiro atoms. The van der Waals surface area contributed by atoms with E-state index >= 15 is 0 Å². The first-order valence-corrected chi connectivity index (χ1v) is 8.44. The zero-order valence-electron chi connectivity index (χ0n) is 14.5. The number of amides is 1. The van der Waals surface area contributed by atoms with Gasteiger partial charge in [0.05, 0.1) is 26.1 Å². The highest BCUT2D eigenvalue weighted by molar-refractivity contribution is 5.86. The number of methoxy groups -OCH3 is 2. The van der Waals surface area contributed by atoms with Crippen molar-refractivity contribution in [1.29, 1.82) is 0 Å². The van der Waals surface area contributed by atoms with Gasteiger partial charge in [0.2, 0.25) is 5.91 Å².